The number of ether oxygens (including phenoxy) is 1. The van der Waals surface area contributed by atoms with Gasteiger partial charge in [-0.05, 0) is 18.2 Å². The summed E-state index contributed by atoms with van der Waals surface area (Å²) in [6.45, 7) is 0. The third-order valence-corrected chi connectivity index (χ3v) is 4.17. The number of nitrogens with one attached hydrogen (secondary N) is 1. The highest BCUT2D eigenvalue weighted by Crippen LogP contribution is 2.27. The highest BCUT2D eigenvalue weighted by Gasteiger charge is 2.10. The summed E-state index contributed by atoms with van der Waals surface area (Å²) in [5, 5.41) is 3.24. The molecule has 1 N–H and O–H groups in total. The van der Waals surface area contributed by atoms with E-state index in [2.05, 4.69) is 5.32 Å². The third-order valence-electron chi connectivity index (χ3n) is 3.00. The molecule has 120 valence electrons. The molecule has 0 atom stereocenters. The van der Waals surface area contributed by atoms with Crippen molar-refractivity contribution in [2.45, 2.75) is 0 Å². The van der Waals surface area contributed by atoms with Crippen LogP contribution in [-0.4, -0.2) is 30.3 Å². The summed E-state index contributed by atoms with van der Waals surface area (Å²) in [5.74, 6) is 0.756. The van der Waals surface area contributed by atoms with Crippen LogP contribution in [0.4, 0.5) is 5.69 Å². The van der Waals surface area contributed by atoms with E-state index in [-0.39, 0.29) is 23.2 Å². The second kappa shape index (κ2) is 8.60. The topological polar surface area (TPSA) is 55.4 Å². The predicted octanol–water partition coefficient (Wildman–Crippen LogP) is 3.90. The van der Waals surface area contributed by atoms with Gasteiger partial charge in [-0.3, -0.25) is 9.59 Å². The average Bonchev–Trinajstić information content (AvgIpc) is 2.56. The van der Waals surface area contributed by atoms with Gasteiger partial charge in [-0.2, -0.15) is 0 Å². The Bertz CT molecular complexity index is 691. The van der Waals surface area contributed by atoms with Crippen molar-refractivity contribution in [2.24, 2.45) is 0 Å². The van der Waals surface area contributed by atoms with Crippen LogP contribution in [0.5, 0.6) is 5.75 Å². The molecule has 0 fully saturated rings. The Labute approximate surface area is 144 Å². The Morgan fingerprint density at radius 2 is 1.87 bits per heavy atom. The van der Waals surface area contributed by atoms with Crippen molar-refractivity contribution < 1.29 is 14.3 Å². The predicted molar refractivity (Wildman–Crippen MR) is 94.7 cm³/mol. The van der Waals surface area contributed by atoms with Gasteiger partial charge in [0.05, 0.1) is 24.3 Å². The number of carbonyl (C=O) groups is 2. The van der Waals surface area contributed by atoms with Crippen LogP contribution in [0.25, 0.3) is 0 Å². The van der Waals surface area contributed by atoms with Gasteiger partial charge in [0.1, 0.15) is 5.75 Å². The van der Waals surface area contributed by atoms with Crippen molar-refractivity contribution in [2.75, 3.05) is 23.9 Å². The molecule has 0 saturated carbocycles. The molecule has 0 unspecified atom stereocenters. The summed E-state index contributed by atoms with van der Waals surface area (Å²) in [4.78, 5) is 23.9. The van der Waals surface area contributed by atoms with E-state index in [0.717, 1.165) is 0 Å². The molecule has 0 saturated heterocycles. The maximum atomic E-state index is 12.0. The van der Waals surface area contributed by atoms with E-state index >= 15 is 0 Å². The summed E-state index contributed by atoms with van der Waals surface area (Å²) in [7, 11) is 1.52. The number of Topliss-reactive ketones (excluding diaryl/α,β-unsaturated/α-hetero) is 1. The molecule has 6 heteroatoms. The number of rotatable bonds is 7. The normalized spacial score (nSPS) is 10.2. The fourth-order valence-corrected chi connectivity index (χ4v) is 2.79. The second-order valence-corrected chi connectivity index (χ2v) is 6.10. The van der Waals surface area contributed by atoms with Crippen molar-refractivity contribution >= 4 is 40.7 Å². The minimum Gasteiger partial charge on any atom is -0.495 e. The molecule has 0 heterocycles. The number of thioether (sulfide) groups is 1. The quantitative estimate of drug-likeness (QED) is 0.770. The zero-order valence-corrected chi connectivity index (χ0v) is 14.1. The van der Waals surface area contributed by atoms with Crippen molar-refractivity contribution in [3.05, 3.63) is 59.1 Å². The number of amides is 1. The number of hydrogen-bond acceptors (Lipinski definition) is 4. The maximum Gasteiger partial charge on any atom is 0.234 e. The van der Waals surface area contributed by atoms with Crippen LogP contribution in [0.15, 0.2) is 48.5 Å². The van der Waals surface area contributed by atoms with Crippen LogP contribution < -0.4 is 10.1 Å². The number of anilines is 1. The molecule has 2 aromatic carbocycles. The van der Waals surface area contributed by atoms with Gasteiger partial charge in [-0.25, -0.2) is 0 Å². The Balaban J connectivity index is 1.84. The van der Waals surface area contributed by atoms with Crippen LogP contribution >= 0.6 is 23.4 Å². The number of hydrogen-bond donors (Lipinski definition) is 1. The lowest BCUT2D eigenvalue weighted by Crippen LogP contribution is -2.16. The van der Waals surface area contributed by atoms with Crippen LogP contribution in [0.3, 0.4) is 0 Å². The standard InChI is InChI=1S/C17H16ClNO3S/c1-22-16-8-7-13(18)9-14(16)19-17(21)11-23-10-15(20)12-5-3-2-4-6-12/h2-9H,10-11H2,1H3,(H,19,21). The largest absolute Gasteiger partial charge is 0.495 e. The van der Waals surface area contributed by atoms with Gasteiger partial charge in [0.25, 0.3) is 0 Å². The molecule has 0 radical (unpaired) electrons. The summed E-state index contributed by atoms with van der Waals surface area (Å²) in [5.41, 5.74) is 1.16. The maximum absolute atomic E-state index is 12.0. The molecule has 0 aliphatic carbocycles. The Morgan fingerprint density at radius 3 is 2.57 bits per heavy atom. The molecule has 4 nitrogen and oxygen atoms in total. The van der Waals surface area contributed by atoms with E-state index in [4.69, 9.17) is 16.3 Å². The number of carbonyl (C=O) groups excluding carboxylic acids is 2. The van der Waals surface area contributed by atoms with Gasteiger partial charge in [-0.15, -0.1) is 11.8 Å². The minimum atomic E-state index is -0.212. The molecule has 0 aliphatic rings. The number of ketones is 1. The highest BCUT2D eigenvalue weighted by atomic mass is 35.5. The smallest absolute Gasteiger partial charge is 0.234 e. The molecule has 0 bridgehead atoms. The van der Waals surface area contributed by atoms with Crippen LogP contribution in [0.1, 0.15) is 10.4 Å². The zero-order chi connectivity index (χ0) is 16.7. The first kappa shape index (κ1) is 17.4. The van der Waals surface area contributed by atoms with Crippen molar-refractivity contribution in [3.8, 4) is 5.75 Å². The van der Waals surface area contributed by atoms with Gasteiger partial charge in [0.15, 0.2) is 5.78 Å². The van der Waals surface area contributed by atoms with E-state index in [9.17, 15) is 9.59 Å². The van der Waals surface area contributed by atoms with E-state index in [1.54, 1.807) is 30.3 Å². The number of methoxy groups -OCH3 is 1. The van der Waals surface area contributed by atoms with Gasteiger partial charge >= 0.3 is 0 Å². The molecule has 1 amide bonds. The molecule has 2 rings (SSSR count). The van der Waals surface area contributed by atoms with E-state index in [1.807, 2.05) is 18.2 Å². The van der Waals surface area contributed by atoms with Gasteiger partial charge in [0.2, 0.25) is 5.91 Å². The molecule has 2 aromatic rings. The number of halogens is 1. The minimum absolute atomic E-state index is 0.00346. The average molecular weight is 350 g/mol. The zero-order valence-electron chi connectivity index (χ0n) is 12.5. The van der Waals surface area contributed by atoms with Gasteiger partial charge in [0, 0.05) is 10.6 Å². The molecule has 0 aromatic heterocycles. The fraction of sp³-hybridized carbons (Fsp3) is 0.176. The Morgan fingerprint density at radius 1 is 1.13 bits per heavy atom. The second-order valence-electron chi connectivity index (χ2n) is 4.67. The first-order valence-corrected chi connectivity index (χ1v) is 8.43. The summed E-state index contributed by atoms with van der Waals surface area (Å²) >= 11 is 7.18. The highest BCUT2D eigenvalue weighted by molar-refractivity contribution is 8.00. The molecule has 23 heavy (non-hydrogen) atoms. The molecular formula is C17H16ClNO3S. The fourth-order valence-electron chi connectivity index (χ4n) is 1.91. The SMILES string of the molecule is COc1ccc(Cl)cc1NC(=O)CSCC(=O)c1ccccc1. The van der Waals surface area contributed by atoms with E-state index in [1.165, 1.54) is 18.9 Å². The Hall–Kier alpha value is -1.98. The summed E-state index contributed by atoms with van der Waals surface area (Å²) in [6.07, 6.45) is 0. The van der Waals surface area contributed by atoms with Crippen molar-refractivity contribution in [1.82, 2.24) is 0 Å². The van der Waals surface area contributed by atoms with Crippen molar-refractivity contribution in [1.29, 1.82) is 0 Å². The van der Waals surface area contributed by atoms with Crippen molar-refractivity contribution in [3.63, 3.8) is 0 Å². The van der Waals surface area contributed by atoms with E-state index < -0.39 is 0 Å². The van der Waals surface area contributed by atoms with Crippen LogP contribution in [0.2, 0.25) is 5.02 Å². The van der Waals surface area contributed by atoms with Gasteiger partial charge in [-0.1, -0.05) is 41.9 Å². The number of benzene rings is 2. The monoisotopic (exact) mass is 349 g/mol. The lowest BCUT2D eigenvalue weighted by Gasteiger charge is -2.10. The van der Waals surface area contributed by atoms with E-state index in [0.29, 0.717) is 22.0 Å². The molecule has 0 aliphatic heterocycles. The lowest BCUT2D eigenvalue weighted by molar-refractivity contribution is -0.113. The van der Waals surface area contributed by atoms with Gasteiger partial charge < -0.3 is 10.1 Å². The first-order valence-electron chi connectivity index (χ1n) is 6.89. The molecule has 0 spiro atoms. The first-order chi connectivity index (χ1) is 11.1. The van der Waals surface area contributed by atoms with Crippen LogP contribution in [-0.2, 0) is 4.79 Å². The molecular weight excluding hydrogens is 334 g/mol. The lowest BCUT2D eigenvalue weighted by atomic mass is 10.2. The Kier molecular flexibility index (Phi) is 6.50. The third kappa shape index (κ3) is 5.30. The summed E-state index contributed by atoms with van der Waals surface area (Å²) in [6, 6.07) is 14.0. The van der Waals surface area contributed by atoms with Crippen LogP contribution in [0, 0.1) is 0 Å². The summed E-state index contributed by atoms with van der Waals surface area (Å²) < 4.78 is 5.17.